The van der Waals surface area contributed by atoms with E-state index in [4.69, 9.17) is 4.74 Å². The fourth-order valence-corrected chi connectivity index (χ4v) is 3.18. The van der Waals surface area contributed by atoms with Crippen LogP contribution in [0.3, 0.4) is 0 Å². The second kappa shape index (κ2) is 11.7. The molecule has 0 radical (unpaired) electrons. The quantitative estimate of drug-likeness (QED) is 0.248. The smallest absolute Gasteiger partial charge is 0.119 e. The van der Waals surface area contributed by atoms with E-state index in [0.717, 1.165) is 31.7 Å². The van der Waals surface area contributed by atoms with E-state index in [1.54, 1.807) is 0 Å². The zero-order valence-corrected chi connectivity index (χ0v) is 16.9. The zero-order chi connectivity index (χ0) is 20.2. The number of hydrogen-bond donors (Lipinski definition) is 1. The minimum Gasteiger partial charge on any atom is -0.492 e. The molecule has 0 unspecified atom stereocenters. The van der Waals surface area contributed by atoms with Crippen LogP contribution >= 0.6 is 0 Å². The van der Waals surface area contributed by atoms with Gasteiger partial charge in [0, 0.05) is 13.1 Å². The van der Waals surface area contributed by atoms with Gasteiger partial charge in [-0.25, -0.2) is 0 Å². The molecule has 0 fully saturated rings. The Balaban J connectivity index is 1.61. The molecule has 1 N–H and O–H groups in total. The number of nitrogens with one attached hydrogen (secondary N) is 1. The monoisotopic (exact) mass is 383 g/mol. The maximum absolute atomic E-state index is 5.77. The lowest BCUT2D eigenvalue weighted by atomic mass is 9.96. The molecule has 0 aliphatic rings. The van der Waals surface area contributed by atoms with Gasteiger partial charge < -0.3 is 10.1 Å². The predicted octanol–water partition coefficient (Wildman–Crippen LogP) is 6.01. The first-order valence-corrected chi connectivity index (χ1v) is 10.2. The van der Waals surface area contributed by atoms with E-state index in [0.29, 0.717) is 6.61 Å². The fraction of sp³-hybridized carbons (Fsp3) is 0.185. The van der Waals surface area contributed by atoms with Gasteiger partial charge in [0.05, 0.1) is 0 Å². The molecule has 0 saturated heterocycles. The molecular weight excluding hydrogens is 354 g/mol. The zero-order valence-electron chi connectivity index (χ0n) is 16.9. The van der Waals surface area contributed by atoms with Gasteiger partial charge in [-0.3, -0.25) is 0 Å². The van der Waals surface area contributed by atoms with Gasteiger partial charge in [-0.1, -0.05) is 84.9 Å². The molecule has 3 aromatic carbocycles. The lowest BCUT2D eigenvalue weighted by Gasteiger charge is -2.10. The van der Waals surface area contributed by atoms with E-state index in [1.165, 1.54) is 22.3 Å². The molecule has 0 saturated carbocycles. The molecule has 0 spiro atoms. The summed E-state index contributed by atoms with van der Waals surface area (Å²) in [4.78, 5) is 0. The van der Waals surface area contributed by atoms with Crippen molar-refractivity contribution in [2.45, 2.75) is 12.8 Å². The van der Waals surface area contributed by atoms with Crippen molar-refractivity contribution in [3.63, 3.8) is 0 Å². The standard InChI is InChI=1S/C27H29NO/c1-2-19-28-20-21-29-27-17-14-23(15-18-27)13-16-26(25-11-7-4-8-12-25)22-24-9-5-3-6-10-24/h2-12,14-15,17-18,22,28H,1,13,16,19-21H2. The summed E-state index contributed by atoms with van der Waals surface area (Å²) in [5.74, 6) is 0.914. The minimum atomic E-state index is 0.658. The summed E-state index contributed by atoms with van der Waals surface area (Å²) in [6.07, 6.45) is 6.13. The normalized spacial score (nSPS) is 11.2. The highest BCUT2D eigenvalue weighted by Crippen LogP contribution is 2.24. The summed E-state index contributed by atoms with van der Waals surface area (Å²) >= 11 is 0. The lowest BCUT2D eigenvalue weighted by Crippen LogP contribution is -2.20. The van der Waals surface area contributed by atoms with Gasteiger partial charge in [0.1, 0.15) is 12.4 Å². The molecule has 2 nitrogen and oxygen atoms in total. The van der Waals surface area contributed by atoms with Crippen LogP contribution in [0.25, 0.3) is 11.6 Å². The highest BCUT2D eigenvalue weighted by atomic mass is 16.5. The van der Waals surface area contributed by atoms with E-state index in [-0.39, 0.29) is 0 Å². The van der Waals surface area contributed by atoms with Gasteiger partial charge in [-0.2, -0.15) is 0 Å². The van der Waals surface area contributed by atoms with Crippen LogP contribution in [0.5, 0.6) is 5.75 Å². The van der Waals surface area contributed by atoms with Gasteiger partial charge >= 0.3 is 0 Å². The van der Waals surface area contributed by atoms with Crippen molar-refractivity contribution in [3.8, 4) is 5.75 Å². The molecule has 0 aliphatic carbocycles. The van der Waals surface area contributed by atoms with Crippen LogP contribution in [0, 0.1) is 0 Å². The number of ether oxygens (including phenoxy) is 1. The molecule has 2 heteroatoms. The van der Waals surface area contributed by atoms with Gasteiger partial charge in [0.2, 0.25) is 0 Å². The second-order valence-electron chi connectivity index (χ2n) is 6.93. The average molecular weight is 384 g/mol. The van der Waals surface area contributed by atoms with Gasteiger partial charge in [0.25, 0.3) is 0 Å². The van der Waals surface area contributed by atoms with Crippen LogP contribution in [-0.2, 0) is 6.42 Å². The molecule has 3 aromatic rings. The topological polar surface area (TPSA) is 21.3 Å². The molecule has 29 heavy (non-hydrogen) atoms. The third kappa shape index (κ3) is 7.10. The van der Waals surface area contributed by atoms with Crippen LogP contribution in [0.4, 0.5) is 0 Å². The van der Waals surface area contributed by atoms with Crippen LogP contribution < -0.4 is 10.1 Å². The Bertz CT molecular complexity index is 883. The van der Waals surface area contributed by atoms with E-state index in [1.807, 2.05) is 6.08 Å². The summed E-state index contributed by atoms with van der Waals surface area (Å²) in [6.45, 7) is 5.98. The van der Waals surface area contributed by atoms with Crippen molar-refractivity contribution in [1.29, 1.82) is 0 Å². The van der Waals surface area contributed by atoms with E-state index in [9.17, 15) is 0 Å². The summed E-state index contributed by atoms with van der Waals surface area (Å²) in [6, 6.07) is 29.6. The molecular formula is C27H29NO. The lowest BCUT2D eigenvalue weighted by molar-refractivity contribution is 0.316. The Kier molecular flexibility index (Phi) is 8.31. The molecule has 148 valence electrons. The number of hydrogen-bond acceptors (Lipinski definition) is 2. The van der Waals surface area contributed by atoms with Crippen LogP contribution in [-0.4, -0.2) is 19.7 Å². The molecule has 0 heterocycles. The Morgan fingerprint density at radius 2 is 1.55 bits per heavy atom. The Hall–Kier alpha value is -3.10. The Morgan fingerprint density at radius 3 is 2.24 bits per heavy atom. The van der Waals surface area contributed by atoms with Gasteiger partial charge in [-0.15, -0.1) is 6.58 Å². The number of benzene rings is 3. The number of aryl methyl sites for hydroxylation is 1. The Morgan fingerprint density at radius 1 is 0.862 bits per heavy atom. The molecule has 0 aliphatic heterocycles. The van der Waals surface area contributed by atoms with Crippen LogP contribution in [0.2, 0.25) is 0 Å². The van der Waals surface area contributed by atoms with Crippen molar-refractivity contribution in [1.82, 2.24) is 5.32 Å². The van der Waals surface area contributed by atoms with Crippen LogP contribution in [0.15, 0.2) is 97.6 Å². The van der Waals surface area contributed by atoms with Crippen molar-refractivity contribution in [2.75, 3.05) is 19.7 Å². The largest absolute Gasteiger partial charge is 0.492 e. The van der Waals surface area contributed by atoms with Crippen molar-refractivity contribution < 1.29 is 4.74 Å². The molecule has 0 amide bonds. The van der Waals surface area contributed by atoms with E-state index in [2.05, 4.69) is 103 Å². The molecule has 3 rings (SSSR count). The highest BCUT2D eigenvalue weighted by molar-refractivity contribution is 5.81. The summed E-state index contributed by atoms with van der Waals surface area (Å²) < 4.78 is 5.77. The fourth-order valence-electron chi connectivity index (χ4n) is 3.18. The summed E-state index contributed by atoms with van der Waals surface area (Å²) in [5.41, 5.74) is 5.19. The second-order valence-corrected chi connectivity index (χ2v) is 6.93. The maximum atomic E-state index is 5.77. The van der Waals surface area contributed by atoms with E-state index < -0.39 is 0 Å². The minimum absolute atomic E-state index is 0.658. The van der Waals surface area contributed by atoms with Gasteiger partial charge in [0.15, 0.2) is 0 Å². The highest BCUT2D eigenvalue weighted by Gasteiger charge is 2.04. The summed E-state index contributed by atoms with van der Waals surface area (Å²) in [5, 5.41) is 3.24. The third-order valence-corrected chi connectivity index (χ3v) is 4.73. The summed E-state index contributed by atoms with van der Waals surface area (Å²) in [7, 11) is 0. The SMILES string of the molecule is C=CCNCCOc1ccc(CCC(=Cc2ccccc2)c2ccccc2)cc1. The van der Waals surface area contributed by atoms with Crippen molar-refractivity contribution in [3.05, 3.63) is 114 Å². The first-order chi connectivity index (χ1) is 14.3. The molecule has 0 bridgehead atoms. The maximum Gasteiger partial charge on any atom is 0.119 e. The van der Waals surface area contributed by atoms with E-state index >= 15 is 0 Å². The average Bonchev–Trinajstić information content (AvgIpc) is 2.78. The number of rotatable bonds is 11. The first kappa shape index (κ1) is 20.6. The third-order valence-electron chi connectivity index (χ3n) is 4.73. The molecule has 0 atom stereocenters. The van der Waals surface area contributed by atoms with Crippen molar-refractivity contribution >= 4 is 11.6 Å². The Labute approximate surface area is 174 Å². The molecule has 0 aromatic heterocycles. The first-order valence-electron chi connectivity index (χ1n) is 10.2. The number of allylic oxidation sites excluding steroid dienone is 1. The van der Waals surface area contributed by atoms with Crippen LogP contribution in [0.1, 0.15) is 23.1 Å². The predicted molar refractivity (Wildman–Crippen MR) is 124 cm³/mol. The van der Waals surface area contributed by atoms with Gasteiger partial charge in [-0.05, 0) is 47.2 Å². The van der Waals surface area contributed by atoms with Crippen molar-refractivity contribution in [2.24, 2.45) is 0 Å².